The van der Waals surface area contributed by atoms with E-state index in [2.05, 4.69) is 20.0 Å². The van der Waals surface area contributed by atoms with Crippen molar-refractivity contribution in [1.82, 2.24) is 19.3 Å². The van der Waals surface area contributed by atoms with Gasteiger partial charge in [-0.1, -0.05) is 29.6 Å². The maximum absolute atomic E-state index is 14.6. The first kappa shape index (κ1) is 25.5. The Balaban J connectivity index is 1.88. The molecule has 7 nitrogen and oxygen atoms in total. The van der Waals surface area contributed by atoms with E-state index in [-0.39, 0.29) is 38.7 Å². The molecule has 2 N–H and O–H groups in total. The van der Waals surface area contributed by atoms with Crippen molar-refractivity contribution in [3.63, 3.8) is 0 Å². The van der Waals surface area contributed by atoms with E-state index in [0.717, 1.165) is 28.6 Å². The molecule has 0 aliphatic rings. The average molecular weight is 534 g/mol. The lowest BCUT2D eigenvalue weighted by atomic mass is 10.0. The van der Waals surface area contributed by atoms with Crippen LogP contribution in [0.25, 0.3) is 22.3 Å². The normalized spacial score (nSPS) is 12.0. The van der Waals surface area contributed by atoms with Gasteiger partial charge in [0, 0.05) is 18.9 Å². The number of hydrogen-bond donors (Lipinski definition) is 2. The van der Waals surface area contributed by atoms with Gasteiger partial charge < -0.3 is 5.32 Å². The number of carbonyl (C=O) groups is 1. The predicted octanol–water partition coefficient (Wildman–Crippen LogP) is 5.25. The minimum atomic E-state index is -1.16. The van der Waals surface area contributed by atoms with Crippen molar-refractivity contribution in [3.8, 4) is 11.4 Å². The van der Waals surface area contributed by atoms with Crippen LogP contribution in [0.1, 0.15) is 29.0 Å². The van der Waals surface area contributed by atoms with Gasteiger partial charge in [-0.25, -0.2) is 23.1 Å². The second kappa shape index (κ2) is 10.2. The van der Waals surface area contributed by atoms with Crippen LogP contribution < -0.4 is 15.6 Å². The van der Waals surface area contributed by atoms with Crippen molar-refractivity contribution in [2.75, 3.05) is 11.6 Å². The number of benzene rings is 2. The first-order valence-electron chi connectivity index (χ1n) is 10.5. The van der Waals surface area contributed by atoms with Gasteiger partial charge in [0.25, 0.3) is 11.5 Å². The highest BCUT2D eigenvalue weighted by Crippen LogP contribution is 2.30. The molecule has 0 fully saturated rings. The number of amides is 1. The number of fused-ring (bicyclic) bond motifs is 1. The van der Waals surface area contributed by atoms with Crippen molar-refractivity contribution < 1.29 is 18.0 Å². The molecule has 0 aliphatic carbocycles. The number of hydrogen-bond acceptors (Lipinski definition) is 6. The molecule has 12 heteroatoms. The number of anilines is 1. The van der Waals surface area contributed by atoms with Gasteiger partial charge in [0.05, 0.1) is 28.2 Å². The molecule has 0 saturated carbocycles. The summed E-state index contributed by atoms with van der Waals surface area (Å²) in [6.07, 6.45) is 1.67. The average Bonchev–Trinajstić information content (AvgIpc) is 2.84. The van der Waals surface area contributed by atoms with Crippen molar-refractivity contribution >= 4 is 46.0 Å². The van der Waals surface area contributed by atoms with E-state index in [0.29, 0.717) is 5.69 Å². The molecular formula is C24H19ClF3N5O2S. The molecular weight excluding hydrogens is 515 g/mol. The van der Waals surface area contributed by atoms with Gasteiger partial charge in [0.2, 0.25) is 0 Å². The molecule has 0 spiro atoms. The zero-order valence-corrected chi connectivity index (χ0v) is 20.8. The molecule has 1 unspecified atom stereocenters. The Morgan fingerprint density at radius 2 is 1.89 bits per heavy atom. The Kier molecular flexibility index (Phi) is 7.23. The number of nitrogens with one attached hydrogen (secondary N) is 2. The Bertz CT molecular complexity index is 1560. The van der Waals surface area contributed by atoms with E-state index in [1.807, 2.05) is 0 Å². The minimum Gasteiger partial charge on any atom is -0.377 e. The van der Waals surface area contributed by atoms with Gasteiger partial charge in [0.15, 0.2) is 17.3 Å². The summed E-state index contributed by atoms with van der Waals surface area (Å²) in [6, 6.07) is 8.10. The summed E-state index contributed by atoms with van der Waals surface area (Å²) in [6.45, 7) is 1.67. The Labute approximate surface area is 212 Å². The number of pyridine rings is 1. The summed E-state index contributed by atoms with van der Waals surface area (Å²) >= 11 is 7.04. The zero-order chi connectivity index (χ0) is 26.1. The van der Waals surface area contributed by atoms with E-state index < -0.39 is 35.0 Å². The van der Waals surface area contributed by atoms with Crippen LogP contribution in [0, 0.1) is 17.5 Å². The van der Waals surface area contributed by atoms with Crippen LogP contribution in [-0.2, 0) is 7.05 Å². The summed E-state index contributed by atoms with van der Waals surface area (Å²) in [5.41, 5.74) is -0.195. The Hall–Kier alpha value is -3.57. The van der Waals surface area contributed by atoms with Gasteiger partial charge in [-0.05, 0) is 43.3 Å². The molecule has 0 bridgehead atoms. The SMILES string of the molecule is CSNC(=O)c1nc(Cl)ccc1NC(C)c1cc(F)cc2c(=O)n(C)c(-c3cccc(F)c3F)nc12. The summed E-state index contributed by atoms with van der Waals surface area (Å²) in [5.74, 6) is -3.57. The Morgan fingerprint density at radius 1 is 1.14 bits per heavy atom. The van der Waals surface area contributed by atoms with Crippen LogP contribution in [-0.4, -0.2) is 26.7 Å². The fourth-order valence-corrected chi connectivity index (χ4v) is 4.22. The molecule has 0 aliphatic heterocycles. The molecule has 4 rings (SSSR count). The van der Waals surface area contributed by atoms with Crippen molar-refractivity contribution in [1.29, 1.82) is 0 Å². The molecule has 36 heavy (non-hydrogen) atoms. The predicted molar refractivity (Wildman–Crippen MR) is 135 cm³/mol. The lowest BCUT2D eigenvalue weighted by Crippen LogP contribution is -2.23. The topological polar surface area (TPSA) is 88.9 Å². The van der Waals surface area contributed by atoms with Crippen molar-refractivity contribution in [2.24, 2.45) is 7.05 Å². The van der Waals surface area contributed by atoms with Crippen molar-refractivity contribution in [3.05, 3.63) is 86.7 Å². The minimum absolute atomic E-state index is 0.0100. The van der Waals surface area contributed by atoms with E-state index in [4.69, 9.17) is 11.6 Å². The van der Waals surface area contributed by atoms with Crippen LogP contribution in [0.5, 0.6) is 0 Å². The summed E-state index contributed by atoms with van der Waals surface area (Å²) in [5, 5.41) is 3.14. The van der Waals surface area contributed by atoms with Crippen LogP contribution in [0.3, 0.4) is 0 Å². The molecule has 4 aromatic rings. The highest BCUT2D eigenvalue weighted by molar-refractivity contribution is 7.97. The maximum atomic E-state index is 14.6. The van der Waals surface area contributed by atoms with Gasteiger partial charge in [0.1, 0.15) is 16.8 Å². The maximum Gasteiger partial charge on any atom is 0.281 e. The lowest BCUT2D eigenvalue weighted by Gasteiger charge is -2.20. The quantitative estimate of drug-likeness (QED) is 0.260. The fourth-order valence-electron chi connectivity index (χ4n) is 3.79. The third kappa shape index (κ3) is 4.76. The van der Waals surface area contributed by atoms with Gasteiger partial charge in [-0.15, -0.1) is 0 Å². The van der Waals surface area contributed by atoms with Crippen LogP contribution in [0.4, 0.5) is 18.9 Å². The van der Waals surface area contributed by atoms with Crippen LogP contribution >= 0.6 is 23.5 Å². The van der Waals surface area contributed by atoms with E-state index in [1.165, 1.54) is 31.3 Å². The zero-order valence-electron chi connectivity index (χ0n) is 19.2. The summed E-state index contributed by atoms with van der Waals surface area (Å²) < 4.78 is 46.7. The highest BCUT2D eigenvalue weighted by Gasteiger charge is 2.22. The summed E-state index contributed by atoms with van der Waals surface area (Å²) in [7, 11) is 1.34. The van der Waals surface area contributed by atoms with E-state index in [1.54, 1.807) is 19.2 Å². The van der Waals surface area contributed by atoms with Gasteiger partial charge >= 0.3 is 0 Å². The number of halogens is 4. The summed E-state index contributed by atoms with van der Waals surface area (Å²) in [4.78, 5) is 34.1. The van der Waals surface area contributed by atoms with Crippen LogP contribution in [0.2, 0.25) is 5.15 Å². The van der Waals surface area contributed by atoms with Gasteiger partial charge in [-0.2, -0.15) is 0 Å². The first-order chi connectivity index (χ1) is 17.1. The Morgan fingerprint density at radius 3 is 2.61 bits per heavy atom. The first-order valence-corrected chi connectivity index (χ1v) is 12.1. The molecule has 1 atom stereocenters. The van der Waals surface area contributed by atoms with Crippen LogP contribution in [0.15, 0.2) is 47.3 Å². The highest BCUT2D eigenvalue weighted by atomic mass is 35.5. The largest absolute Gasteiger partial charge is 0.377 e. The molecule has 2 heterocycles. The number of carbonyl (C=O) groups excluding carboxylic acids is 1. The third-order valence-corrected chi connectivity index (χ3v) is 6.08. The number of nitrogens with zero attached hydrogens (tertiary/aromatic N) is 3. The van der Waals surface area contributed by atoms with E-state index >= 15 is 0 Å². The molecule has 2 aromatic heterocycles. The lowest BCUT2D eigenvalue weighted by molar-refractivity contribution is 0.0980. The van der Waals surface area contributed by atoms with Gasteiger partial charge in [-0.3, -0.25) is 18.9 Å². The molecule has 186 valence electrons. The molecule has 2 aromatic carbocycles. The van der Waals surface area contributed by atoms with E-state index in [9.17, 15) is 22.8 Å². The molecule has 0 saturated heterocycles. The third-order valence-electron chi connectivity index (χ3n) is 5.48. The number of rotatable bonds is 6. The van der Waals surface area contributed by atoms with Crippen molar-refractivity contribution in [2.45, 2.75) is 13.0 Å². The fraction of sp³-hybridized carbons (Fsp3) is 0.167. The second-order valence-electron chi connectivity index (χ2n) is 7.82. The smallest absolute Gasteiger partial charge is 0.281 e. The molecule has 0 radical (unpaired) electrons. The standard InChI is InChI=1S/C24H19ClF3N5O2S/c1-11(29-17-7-8-18(25)30-21(17)23(34)32-36-3)14-9-12(26)10-15-20(14)31-22(33(2)24(15)35)13-5-4-6-16(27)19(13)28/h4-11,29H,1-3H3,(H,32,34). The molecule has 1 amide bonds. The monoisotopic (exact) mass is 533 g/mol. The second-order valence-corrected chi connectivity index (χ2v) is 8.82. The number of aromatic nitrogens is 3.